The molecule has 4 aromatic rings. The van der Waals surface area contributed by atoms with Gasteiger partial charge in [0.15, 0.2) is 5.82 Å². The number of hydrogen-bond donors (Lipinski definition) is 1. The number of carbonyl (C=O) groups excluding carboxylic acids is 1. The van der Waals surface area contributed by atoms with Crippen LogP contribution in [-0.2, 0) is 12.7 Å². The molecule has 5 nitrogen and oxygen atoms in total. The Hall–Kier alpha value is -3.81. The molecule has 4 rings (SSSR count). The van der Waals surface area contributed by atoms with Crippen molar-refractivity contribution in [3.63, 3.8) is 0 Å². The Kier molecular flexibility index (Phi) is 5.37. The molecule has 31 heavy (non-hydrogen) atoms. The molecule has 2 heterocycles. The third kappa shape index (κ3) is 4.53. The molecular formula is C23H17F3N4O. The average molecular weight is 422 g/mol. The van der Waals surface area contributed by atoms with Gasteiger partial charge in [-0.2, -0.15) is 13.2 Å². The van der Waals surface area contributed by atoms with Crippen LogP contribution in [0.4, 0.5) is 13.2 Å². The molecule has 0 saturated heterocycles. The van der Waals surface area contributed by atoms with E-state index in [1.54, 1.807) is 18.2 Å². The summed E-state index contributed by atoms with van der Waals surface area (Å²) in [4.78, 5) is 25.3. The van der Waals surface area contributed by atoms with E-state index in [9.17, 15) is 18.0 Å². The second-order valence-corrected chi connectivity index (χ2v) is 7.01. The van der Waals surface area contributed by atoms with Gasteiger partial charge in [0.25, 0.3) is 5.91 Å². The van der Waals surface area contributed by atoms with Crippen molar-refractivity contribution >= 4 is 16.8 Å². The van der Waals surface area contributed by atoms with Gasteiger partial charge in [-0.05, 0) is 24.6 Å². The van der Waals surface area contributed by atoms with Crippen LogP contribution < -0.4 is 5.32 Å². The first-order valence-corrected chi connectivity index (χ1v) is 9.45. The first kappa shape index (κ1) is 20.5. The lowest BCUT2D eigenvalue weighted by molar-refractivity contribution is -0.141. The van der Waals surface area contributed by atoms with E-state index >= 15 is 0 Å². The molecule has 1 N–H and O–H groups in total. The Morgan fingerprint density at radius 3 is 2.39 bits per heavy atom. The van der Waals surface area contributed by atoms with Crippen molar-refractivity contribution < 1.29 is 18.0 Å². The maximum Gasteiger partial charge on any atom is 0.433 e. The van der Waals surface area contributed by atoms with E-state index in [1.807, 2.05) is 37.3 Å². The van der Waals surface area contributed by atoms with Crippen LogP contribution in [0, 0.1) is 6.92 Å². The molecule has 8 heteroatoms. The number of hydrogen-bond acceptors (Lipinski definition) is 4. The van der Waals surface area contributed by atoms with Crippen molar-refractivity contribution in [3.05, 3.63) is 89.4 Å². The zero-order valence-electron chi connectivity index (χ0n) is 16.4. The van der Waals surface area contributed by atoms with Gasteiger partial charge in [-0.3, -0.25) is 9.78 Å². The molecule has 0 aliphatic heterocycles. The van der Waals surface area contributed by atoms with E-state index in [0.717, 1.165) is 23.4 Å². The highest BCUT2D eigenvalue weighted by Crippen LogP contribution is 2.27. The number of rotatable bonds is 4. The normalized spacial score (nSPS) is 11.5. The molecule has 156 valence electrons. The molecule has 0 aliphatic carbocycles. The van der Waals surface area contributed by atoms with Gasteiger partial charge < -0.3 is 5.32 Å². The molecule has 0 fully saturated rings. The SMILES string of the molecule is Cc1ccc(-c2nc(C(=O)NCc3ccc(C(F)(F)F)nc3)c3ccccc3n2)cc1. The van der Waals surface area contributed by atoms with Gasteiger partial charge in [0.05, 0.1) is 5.52 Å². The van der Waals surface area contributed by atoms with Crippen LogP contribution >= 0.6 is 0 Å². The molecule has 1 amide bonds. The Bertz CT molecular complexity index is 1240. The summed E-state index contributed by atoms with van der Waals surface area (Å²) < 4.78 is 38.0. The zero-order chi connectivity index (χ0) is 22.0. The molecule has 2 aromatic heterocycles. The fourth-order valence-corrected chi connectivity index (χ4v) is 3.04. The molecule has 0 unspecified atom stereocenters. The summed E-state index contributed by atoms with van der Waals surface area (Å²) in [5, 5.41) is 3.29. The lowest BCUT2D eigenvalue weighted by atomic mass is 10.1. The number of carbonyl (C=O) groups is 1. The van der Waals surface area contributed by atoms with E-state index in [2.05, 4.69) is 20.3 Å². The Balaban J connectivity index is 1.62. The highest BCUT2D eigenvalue weighted by molar-refractivity contribution is 6.04. The fourth-order valence-electron chi connectivity index (χ4n) is 3.04. The van der Waals surface area contributed by atoms with Gasteiger partial charge >= 0.3 is 6.18 Å². The predicted octanol–water partition coefficient (Wildman–Crippen LogP) is 4.95. The van der Waals surface area contributed by atoms with Crippen molar-refractivity contribution in [1.82, 2.24) is 20.3 Å². The number of para-hydroxylation sites is 1. The summed E-state index contributed by atoms with van der Waals surface area (Å²) in [7, 11) is 0. The molecule has 0 aliphatic rings. The highest BCUT2D eigenvalue weighted by Gasteiger charge is 2.32. The van der Waals surface area contributed by atoms with E-state index < -0.39 is 17.8 Å². The lowest BCUT2D eigenvalue weighted by Crippen LogP contribution is -2.24. The van der Waals surface area contributed by atoms with Crippen LogP contribution in [0.2, 0.25) is 0 Å². The number of aryl methyl sites for hydroxylation is 1. The summed E-state index contributed by atoms with van der Waals surface area (Å²) in [5.41, 5.74) is 2.14. The number of halogens is 3. The number of fused-ring (bicyclic) bond motifs is 1. The van der Waals surface area contributed by atoms with Gasteiger partial charge in [0.2, 0.25) is 0 Å². The summed E-state index contributed by atoms with van der Waals surface area (Å²) >= 11 is 0. The zero-order valence-corrected chi connectivity index (χ0v) is 16.4. The maximum absolute atomic E-state index is 12.9. The summed E-state index contributed by atoms with van der Waals surface area (Å²) in [5.74, 6) is -0.0353. The number of nitrogens with one attached hydrogen (secondary N) is 1. The van der Waals surface area contributed by atoms with Gasteiger partial charge in [0, 0.05) is 23.7 Å². The molecule has 0 bridgehead atoms. The summed E-state index contributed by atoms with van der Waals surface area (Å²) in [6.45, 7) is 1.99. The molecular weight excluding hydrogens is 405 g/mol. The van der Waals surface area contributed by atoms with Crippen molar-refractivity contribution in [3.8, 4) is 11.4 Å². The first-order valence-electron chi connectivity index (χ1n) is 9.45. The van der Waals surface area contributed by atoms with Crippen LogP contribution in [0.15, 0.2) is 66.9 Å². The molecule has 0 atom stereocenters. The standard InChI is InChI=1S/C23H17F3N4O/c1-14-6-9-16(10-7-14)21-29-18-5-3-2-4-17(18)20(30-21)22(31)28-13-15-8-11-19(27-12-15)23(24,25)26/h2-12H,13H2,1H3,(H,28,31). The predicted molar refractivity (Wildman–Crippen MR) is 110 cm³/mol. The van der Waals surface area contributed by atoms with Crippen molar-refractivity contribution in [2.75, 3.05) is 0 Å². The molecule has 0 saturated carbocycles. The monoisotopic (exact) mass is 422 g/mol. The van der Waals surface area contributed by atoms with Crippen LogP contribution in [0.3, 0.4) is 0 Å². The molecule has 0 radical (unpaired) electrons. The summed E-state index contributed by atoms with van der Waals surface area (Å²) in [6.07, 6.45) is -3.41. The average Bonchev–Trinajstić information content (AvgIpc) is 2.77. The van der Waals surface area contributed by atoms with Crippen molar-refractivity contribution in [2.45, 2.75) is 19.6 Å². The van der Waals surface area contributed by atoms with Crippen LogP contribution in [0.5, 0.6) is 0 Å². The highest BCUT2D eigenvalue weighted by atomic mass is 19.4. The number of alkyl halides is 3. The topological polar surface area (TPSA) is 67.8 Å². The molecule has 0 spiro atoms. The van der Waals surface area contributed by atoms with Gasteiger partial charge in [0.1, 0.15) is 11.4 Å². The maximum atomic E-state index is 12.9. The van der Waals surface area contributed by atoms with E-state index in [1.165, 1.54) is 6.07 Å². The number of amides is 1. The van der Waals surface area contributed by atoms with Crippen molar-refractivity contribution in [1.29, 1.82) is 0 Å². The smallest absolute Gasteiger partial charge is 0.347 e. The second-order valence-electron chi connectivity index (χ2n) is 7.01. The van der Waals surface area contributed by atoms with E-state index in [-0.39, 0.29) is 12.2 Å². The van der Waals surface area contributed by atoms with Crippen LogP contribution in [0.1, 0.15) is 27.3 Å². The third-order valence-electron chi connectivity index (χ3n) is 4.70. The Morgan fingerprint density at radius 2 is 1.71 bits per heavy atom. The number of benzene rings is 2. The van der Waals surface area contributed by atoms with Crippen LogP contribution in [-0.4, -0.2) is 20.9 Å². The first-order chi connectivity index (χ1) is 14.8. The van der Waals surface area contributed by atoms with E-state index in [0.29, 0.717) is 22.3 Å². The Morgan fingerprint density at radius 1 is 0.968 bits per heavy atom. The molecule has 2 aromatic carbocycles. The van der Waals surface area contributed by atoms with E-state index in [4.69, 9.17) is 0 Å². The quantitative estimate of drug-likeness (QED) is 0.505. The number of pyridine rings is 1. The fraction of sp³-hybridized carbons (Fsp3) is 0.130. The summed E-state index contributed by atoms with van der Waals surface area (Å²) in [6, 6.07) is 17.0. The second kappa shape index (κ2) is 8.14. The van der Waals surface area contributed by atoms with Gasteiger partial charge in [-0.25, -0.2) is 9.97 Å². The Labute approximate surface area is 176 Å². The minimum atomic E-state index is -4.51. The van der Waals surface area contributed by atoms with Gasteiger partial charge in [-0.1, -0.05) is 54.1 Å². The minimum Gasteiger partial charge on any atom is -0.347 e. The van der Waals surface area contributed by atoms with Gasteiger partial charge in [-0.15, -0.1) is 0 Å². The largest absolute Gasteiger partial charge is 0.433 e. The lowest BCUT2D eigenvalue weighted by Gasteiger charge is -2.10. The third-order valence-corrected chi connectivity index (χ3v) is 4.70. The minimum absolute atomic E-state index is 0.0160. The number of nitrogens with zero attached hydrogens (tertiary/aromatic N) is 3. The van der Waals surface area contributed by atoms with Crippen molar-refractivity contribution in [2.24, 2.45) is 0 Å². The number of aromatic nitrogens is 3. The van der Waals surface area contributed by atoms with Crippen LogP contribution in [0.25, 0.3) is 22.3 Å².